The molecule has 18 heavy (non-hydrogen) atoms. The van der Waals surface area contributed by atoms with E-state index in [-0.39, 0.29) is 11.9 Å². The van der Waals surface area contributed by atoms with Crippen LogP contribution in [0, 0.1) is 12.3 Å². The fraction of sp³-hybridized carbons (Fsp3) is 0.500. The molecule has 1 aromatic carbocycles. The molecule has 1 aliphatic heterocycles. The molecule has 1 amide bonds. The molecule has 0 radical (unpaired) electrons. The van der Waals surface area contributed by atoms with Crippen LogP contribution in [0.4, 0.5) is 5.69 Å². The lowest BCUT2D eigenvalue weighted by molar-refractivity contribution is -0.129. The van der Waals surface area contributed by atoms with E-state index in [1.165, 1.54) is 0 Å². The topological polar surface area (TPSA) is 46.3 Å². The van der Waals surface area contributed by atoms with Crippen LogP contribution in [0.2, 0.25) is 0 Å². The van der Waals surface area contributed by atoms with Crippen molar-refractivity contribution in [1.82, 2.24) is 0 Å². The summed E-state index contributed by atoms with van der Waals surface area (Å²) in [6, 6.07) is 5.94. The van der Waals surface area contributed by atoms with Gasteiger partial charge in [-0.2, -0.15) is 0 Å². The number of aryl methyl sites for hydroxylation is 1. The molecule has 0 spiro atoms. The number of hydrogen-bond acceptors (Lipinski definition) is 2. The SMILES string of the molecule is Cc1cc(N2CCC(N)C(C)(C)C2=O)ccc1Br. The number of nitrogens with zero attached hydrogens (tertiary/aromatic N) is 1. The molecule has 0 aromatic heterocycles. The Balaban J connectivity index is 2.34. The molecule has 0 saturated carbocycles. The van der Waals surface area contributed by atoms with Crippen LogP contribution in [0.1, 0.15) is 25.8 Å². The normalized spacial score (nSPS) is 23.3. The third kappa shape index (κ3) is 2.19. The maximum absolute atomic E-state index is 12.5. The Hall–Kier alpha value is -0.870. The summed E-state index contributed by atoms with van der Waals surface area (Å²) < 4.78 is 1.06. The Morgan fingerprint density at radius 1 is 1.44 bits per heavy atom. The van der Waals surface area contributed by atoms with Crippen molar-refractivity contribution in [2.24, 2.45) is 11.1 Å². The van der Waals surface area contributed by atoms with E-state index in [4.69, 9.17) is 5.73 Å². The Labute approximate surface area is 116 Å². The number of carbonyl (C=O) groups is 1. The van der Waals surface area contributed by atoms with Crippen molar-refractivity contribution >= 4 is 27.5 Å². The number of benzene rings is 1. The van der Waals surface area contributed by atoms with Crippen molar-refractivity contribution in [3.63, 3.8) is 0 Å². The van der Waals surface area contributed by atoms with Crippen LogP contribution < -0.4 is 10.6 Å². The molecule has 2 N–H and O–H groups in total. The summed E-state index contributed by atoms with van der Waals surface area (Å²) in [6.45, 7) is 6.58. The first-order chi connectivity index (χ1) is 8.34. The van der Waals surface area contributed by atoms with Gasteiger partial charge in [0.15, 0.2) is 0 Å². The van der Waals surface area contributed by atoms with Crippen molar-refractivity contribution in [2.45, 2.75) is 33.2 Å². The smallest absolute Gasteiger partial charge is 0.234 e. The molecule has 0 aliphatic carbocycles. The summed E-state index contributed by atoms with van der Waals surface area (Å²) in [5.74, 6) is 0.114. The Kier molecular flexibility index (Phi) is 3.52. The Morgan fingerprint density at radius 2 is 2.11 bits per heavy atom. The van der Waals surface area contributed by atoms with Crippen LogP contribution in [0.15, 0.2) is 22.7 Å². The highest BCUT2D eigenvalue weighted by molar-refractivity contribution is 9.10. The number of anilines is 1. The summed E-state index contributed by atoms with van der Waals surface area (Å²) in [6.07, 6.45) is 0.841. The number of halogens is 1. The van der Waals surface area contributed by atoms with E-state index in [2.05, 4.69) is 15.9 Å². The second-order valence-corrected chi connectivity index (χ2v) is 6.36. The Bertz CT molecular complexity index is 485. The first-order valence-corrected chi connectivity index (χ1v) is 6.97. The van der Waals surface area contributed by atoms with Gasteiger partial charge in [-0.25, -0.2) is 0 Å². The first kappa shape index (κ1) is 13.6. The first-order valence-electron chi connectivity index (χ1n) is 6.17. The largest absolute Gasteiger partial charge is 0.327 e. The highest BCUT2D eigenvalue weighted by Crippen LogP contribution is 2.33. The lowest BCUT2D eigenvalue weighted by atomic mass is 9.78. The van der Waals surface area contributed by atoms with Crippen LogP contribution in [0.25, 0.3) is 0 Å². The van der Waals surface area contributed by atoms with Gasteiger partial charge in [0.2, 0.25) is 5.91 Å². The van der Waals surface area contributed by atoms with Gasteiger partial charge in [0.25, 0.3) is 0 Å². The number of amides is 1. The third-order valence-corrected chi connectivity index (χ3v) is 4.73. The number of nitrogens with two attached hydrogens (primary N) is 1. The van der Waals surface area contributed by atoms with Gasteiger partial charge in [0.05, 0.1) is 5.41 Å². The standard InChI is InChI=1S/C14H19BrN2O/c1-9-8-10(4-5-11(9)15)17-7-6-12(16)14(2,3)13(17)18/h4-5,8,12H,6-7,16H2,1-3H3. The zero-order valence-electron chi connectivity index (χ0n) is 11.0. The maximum Gasteiger partial charge on any atom is 0.234 e. The minimum absolute atomic E-state index is 0.0576. The van der Waals surface area contributed by atoms with Crippen LogP contribution in [-0.2, 0) is 4.79 Å². The molecule has 1 unspecified atom stereocenters. The highest BCUT2D eigenvalue weighted by Gasteiger charge is 2.42. The molecule has 1 heterocycles. The van der Waals surface area contributed by atoms with Gasteiger partial charge in [-0.05, 0) is 51.0 Å². The molecule has 4 heteroatoms. The summed E-state index contributed by atoms with van der Waals surface area (Å²) >= 11 is 3.48. The van der Waals surface area contributed by atoms with Gasteiger partial charge in [0, 0.05) is 22.7 Å². The number of piperidine rings is 1. The summed E-state index contributed by atoms with van der Waals surface area (Å²) in [4.78, 5) is 14.3. The third-order valence-electron chi connectivity index (χ3n) is 3.84. The lowest BCUT2D eigenvalue weighted by Gasteiger charge is -2.41. The van der Waals surface area contributed by atoms with Gasteiger partial charge in [-0.1, -0.05) is 15.9 Å². The lowest BCUT2D eigenvalue weighted by Crippen LogP contribution is -2.56. The molecule has 3 nitrogen and oxygen atoms in total. The average molecular weight is 311 g/mol. The van der Waals surface area contributed by atoms with E-state index in [1.807, 2.05) is 43.9 Å². The van der Waals surface area contributed by atoms with Gasteiger partial charge in [-0.15, -0.1) is 0 Å². The second kappa shape index (κ2) is 4.67. The minimum Gasteiger partial charge on any atom is -0.327 e. The van der Waals surface area contributed by atoms with Crippen molar-refractivity contribution in [1.29, 1.82) is 0 Å². The predicted molar refractivity (Wildman–Crippen MR) is 77.6 cm³/mol. The highest BCUT2D eigenvalue weighted by atomic mass is 79.9. The number of carbonyl (C=O) groups excluding carboxylic acids is 1. The fourth-order valence-corrected chi connectivity index (χ4v) is 2.53. The average Bonchev–Trinajstić information content (AvgIpc) is 2.31. The molecule has 0 bridgehead atoms. The summed E-state index contributed by atoms with van der Waals surface area (Å²) in [5, 5.41) is 0. The molecular weight excluding hydrogens is 292 g/mol. The van der Waals surface area contributed by atoms with E-state index in [0.717, 1.165) is 22.1 Å². The summed E-state index contributed by atoms with van der Waals surface area (Å²) in [5.41, 5.74) is 7.65. The van der Waals surface area contributed by atoms with E-state index in [1.54, 1.807) is 0 Å². The molecule has 1 fully saturated rings. The van der Waals surface area contributed by atoms with Crippen molar-refractivity contribution in [3.8, 4) is 0 Å². The monoisotopic (exact) mass is 310 g/mol. The quantitative estimate of drug-likeness (QED) is 0.867. The van der Waals surface area contributed by atoms with Crippen molar-refractivity contribution in [2.75, 3.05) is 11.4 Å². The number of rotatable bonds is 1. The van der Waals surface area contributed by atoms with E-state index in [0.29, 0.717) is 6.54 Å². The van der Waals surface area contributed by atoms with Crippen LogP contribution in [0.5, 0.6) is 0 Å². The fourth-order valence-electron chi connectivity index (χ4n) is 2.28. The van der Waals surface area contributed by atoms with Gasteiger partial charge in [0.1, 0.15) is 0 Å². The number of hydrogen-bond donors (Lipinski definition) is 1. The molecule has 1 saturated heterocycles. The van der Waals surface area contributed by atoms with Gasteiger partial charge >= 0.3 is 0 Å². The van der Waals surface area contributed by atoms with Crippen LogP contribution in [0.3, 0.4) is 0 Å². The zero-order chi connectivity index (χ0) is 13.5. The predicted octanol–water partition coefficient (Wildman–Crippen LogP) is 2.85. The van der Waals surface area contributed by atoms with Crippen molar-refractivity contribution in [3.05, 3.63) is 28.2 Å². The maximum atomic E-state index is 12.5. The van der Waals surface area contributed by atoms with Gasteiger partial charge in [-0.3, -0.25) is 4.79 Å². The molecule has 1 aliphatic rings. The minimum atomic E-state index is -0.487. The second-order valence-electron chi connectivity index (χ2n) is 5.51. The zero-order valence-corrected chi connectivity index (χ0v) is 12.6. The Morgan fingerprint density at radius 3 is 2.72 bits per heavy atom. The van der Waals surface area contributed by atoms with E-state index in [9.17, 15) is 4.79 Å². The molecule has 2 rings (SSSR count). The van der Waals surface area contributed by atoms with Crippen LogP contribution in [-0.4, -0.2) is 18.5 Å². The van der Waals surface area contributed by atoms with Gasteiger partial charge < -0.3 is 10.6 Å². The molecular formula is C14H19BrN2O. The van der Waals surface area contributed by atoms with E-state index >= 15 is 0 Å². The van der Waals surface area contributed by atoms with E-state index < -0.39 is 5.41 Å². The summed E-state index contributed by atoms with van der Waals surface area (Å²) in [7, 11) is 0. The van der Waals surface area contributed by atoms with Crippen LogP contribution >= 0.6 is 15.9 Å². The van der Waals surface area contributed by atoms with Crippen molar-refractivity contribution < 1.29 is 4.79 Å². The molecule has 1 atom stereocenters. The molecule has 1 aromatic rings. The molecule has 98 valence electrons.